The quantitative estimate of drug-likeness (QED) is 0.0262. The van der Waals surface area contributed by atoms with Crippen molar-refractivity contribution in [3.8, 4) is 0 Å². The van der Waals surface area contributed by atoms with Crippen molar-refractivity contribution in [3.63, 3.8) is 0 Å². The van der Waals surface area contributed by atoms with Crippen molar-refractivity contribution in [2.75, 3.05) is 13.2 Å². The Labute approximate surface area is 402 Å². The first-order valence-corrected chi connectivity index (χ1v) is 27.8. The van der Waals surface area contributed by atoms with Crippen LogP contribution in [0, 0.1) is 0 Å². The van der Waals surface area contributed by atoms with E-state index in [1.165, 1.54) is 154 Å². The summed E-state index contributed by atoms with van der Waals surface area (Å²) in [4.78, 5) is 38.0. The maximum absolute atomic E-state index is 12.8. The lowest BCUT2D eigenvalue weighted by Gasteiger charge is -2.18. The third kappa shape index (κ3) is 51.9. The molecule has 376 valence electrons. The SMILES string of the molecule is CCCC/C=C\CCCCCCCC(=O)O[C@H](COC(=O)CCC/C=C\C/C=C\C/C=C\C/C=C\CCCCC)COC(=O)CCCCCCCCCCCCCCCCCCCCC. The van der Waals surface area contributed by atoms with Gasteiger partial charge in [0.1, 0.15) is 13.2 Å². The van der Waals surface area contributed by atoms with Crippen LogP contribution in [0.1, 0.15) is 278 Å². The summed E-state index contributed by atoms with van der Waals surface area (Å²) in [6.45, 7) is 6.54. The van der Waals surface area contributed by atoms with E-state index in [0.29, 0.717) is 19.3 Å². The molecule has 0 saturated heterocycles. The van der Waals surface area contributed by atoms with Crippen LogP contribution in [0.15, 0.2) is 60.8 Å². The van der Waals surface area contributed by atoms with Gasteiger partial charge in [0.15, 0.2) is 6.10 Å². The topological polar surface area (TPSA) is 78.9 Å². The Morgan fingerprint density at radius 2 is 0.585 bits per heavy atom. The van der Waals surface area contributed by atoms with E-state index >= 15 is 0 Å². The maximum atomic E-state index is 12.8. The fourth-order valence-electron chi connectivity index (χ4n) is 7.77. The molecule has 0 radical (unpaired) electrons. The van der Waals surface area contributed by atoms with E-state index in [1.54, 1.807) is 0 Å². The fraction of sp³-hybridized carbons (Fsp3) is 0.780. The molecule has 0 aromatic rings. The minimum absolute atomic E-state index is 0.0923. The second kappa shape index (κ2) is 53.7. The van der Waals surface area contributed by atoms with Gasteiger partial charge in [-0.3, -0.25) is 14.4 Å². The van der Waals surface area contributed by atoms with Gasteiger partial charge >= 0.3 is 17.9 Å². The molecule has 0 rings (SSSR count). The van der Waals surface area contributed by atoms with Gasteiger partial charge in [0, 0.05) is 19.3 Å². The molecule has 0 saturated carbocycles. The van der Waals surface area contributed by atoms with Crippen LogP contribution in [-0.4, -0.2) is 37.2 Å². The summed E-state index contributed by atoms with van der Waals surface area (Å²) in [5, 5.41) is 0. The first kappa shape index (κ1) is 62.1. The van der Waals surface area contributed by atoms with Crippen molar-refractivity contribution < 1.29 is 28.6 Å². The second-order valence-corrected chi connectivity index (χ2v) is 18.5. The van der Waals surface area contributed by atoms with Gasteiger partial charge in [0.2, 0.25) is 0 Å². The molecule has 1 atom stereocenters. The summed E-state index contributed by atoms with van der Waals surface area (Å²) in [5.74, 6) is -0.952. The Balaban J connectivity index is 4.37. The van der Waals surface area contributed by atoms with E-state index < -0.39 is 6.10 Å². The average molecular weight is 909 g/mol. The van der Waals surface area contributed by atoms with Crippen LogP contribution >= 0.6 is 0 Å². The fourth-order valence-corrected chi connectivity index (χ4v) is 7.77. The summed E-state index contributed by atoms with van der Waals surface area (Å²) in [5.41, 5.74) is 0. The number of hydrogen-bond acceptors (Lipinski definition) is 6. The lowest BCUT2D eigenvalue weighted by molar-refractivity contribution is -0.167. The summed E-state index contributed by atoms with van der Waals surface area (Å²) in [7, 11) is 0. The first-order chi connectivity index (χ1) is 32.0. The summed E-state index contributed by atoms with van der Waals surface area (Å²) in [6, 6.07) is 0. The Kier molecular flexibility index (Phi) is 51.3. The average Bonchev–Trinajstić information content (AvgIpc) is 3.30. The predicted molar refractivity (Wildman–Crippen MR) is 279 cm³/mol. The van der Waals surface area contributed by atoms with Crippen LogP contribution in [0.25, 0.3) is 0 Å². The standard InChI is InChI=1S/C59H104O6/c1-4-7-10-13-16-19-22-24-26-28-29-31-33-35-38-40-43-46-49-52-58(61)64-55-56(65-59(62)53-50-47-44-41-36-21-18-15-12-9-6-3)54-63-57(60)51-48-45-42-39-37-34-32-30-27-25-23-20-17-14-11-8-5-2/h15,17-18,20,25,27,32,34,39,42,56H,4-14,16,19,21-24,26,28-31,33,35-38,40-41,43-55H2,1-3H3/b18-15-,20-17-,27-25-,34-32-,42-39-/t56-/m1/s1. The zero-order valence-electron chi connectivity index (χ0n) is 43.0. The normalized spacial score (nSPS) is 12.5. The molecule has 0 heterocycles. The third-order valence-electron chi connectivity index (χ3n) is 12.0. The number of hydrogen-bond donors (Lipinski definition) is 0. The molecule has 0 unspecified atom stereocenters. The zero-order valence-corrected chi connectivity index (χ0v) is 43.0. The van der Waals surface area contributed by atoms with Crippen molar-refractivity contribution in [1.29, 1.82) is 0 Å². The van der Waals surface area contributed by atoms with Crippen molar-refractivity contribution in [2.45, 2.75) is 284 Å². The lowest BCUT2D eigenvalue weighted by Crippen LogP contribution is -2.30. The lowest BCUT2D eigenvalue weighted by atomic mass is 10.0. The largest absolute Gasteiger partial charge is 0.462 e. The minimum atomic E-state index is -0.798. The summed E-state index contributed by atoms with van der Waals surface area (Å²) in [6.07, 6.45) is 66.5. The highest BCUT2D eigenvalue weighted by molar-refractivity contribution is 5.71. The monoisotopic (exact) mass is 909 g/mol. The number of ether oxygens (including phenoxy) is 3. The molecule has 6 heteroatoms. The molecular weight excluding hydrogens is 805 g/mol. The Hall–Kier alpha value is -2.89. The van der Waals surface area contributed by atoms with E-state index in [1.807, 2.05) is 0 Å². The van der Waals surface area contributed by atoms with Crippen molar-refractivity contribution in [3.05, 3.63) is 60.8 Å². The number of allylic oxidation sites excluding steroid dienone is 10. The van der Waals surface area contributed by atoms with Gasteiger partial charge in [-0.1, -0.05) is 242 Å². The number of carbonyl (C=O) groups excluding carboxylic acids is 3. The van der Waals surface area contributed by atoms with E-state index in [2.05, 4.69) is 81.5 Å². The first-order valence-electron chi connectivity index (χ1n) is 27.8. The number of unbranched alkanes of at least 4 members (excludes halogenated alkanes) is 29. The van der Waals surface area contributed by atoms with Gasteiger partial charge < -0.3 is 14.2 Å². The zero-order chi connectivity index (χ0) is 47.2. The predicted octanol–water partition coefficient (Wildman–Crippen LogP) is 18.4. The Bertz CT molecular complexity index is 1180. The molecule has 0 aromatic carbocycles. The van der Waals surface area contributed by atoms with E-state index in [0.717, 1.165) is 77.0 Å². The molecule has 65 heavy (non-hydrogen) atoms. The van der Waals surface area contributed by atoms with E-state index in [9.17, 15) is 14.4 Å². The molecule has 6 nitrogen and oxygen atoms in total. The molecule has 0 aromatic heterocycles. The van der Waals surface area contributed by atoms with E-state index in [-0.39, 0.29) is 37.5 Å². The van der Waals surface area contributed by atoms with Crippen LogP contribution < -0.4 is 0 Å². The Morgan fingerprint density at radius 1 is 0.308 bits per heavy atom. The smallest absolute Gasteiger partial charge is 0.306 e. The molecule has 0 aliphatic carbocycles. The van der Waals surface area contributed by atoms with E-state index in [4.69, 9.17) is 14.2 Å². The van der Waals surface area contributed by atoms with Crippen LogP contribution in [0.4, 0.5) is 0 Å². The number of rotatable bonds is 50. The van der Waals surface area contributed by atoms with Gasteiger partial charge in [-0.2, -0.15) is 0 Å². The summed E-state index contributed by atoms with van der Waals surface area (Å²) < 4.78 is 16.8. The van der Waals surface area contributed by atoms with Crippen LogP contribution in [0.2, 0.25) is 0 Å². The highest BCUT2D eigenvalue weighted by Gasteiger charge is 2.19. The highest BCUT2D eigenvalue weighted by Crippen LogP contribution is 2.16. The van der Waals surface area contributed by atoms with Gasteiger partial charge in [-0.05, 0) is 77.0 Å². The van der Waals surface area contributed by atoms with Crippen molar-refractivity contribution in [1.82, 2.24) is 0 Å². The van der Waals surface area contributed by atoms with Gasteiger partial charge in [0.05, 0.1) is 0 Å². The van der Waals surface area contributed by atoms with Gasteiger partial charge in [0.25, 0.3) is 0 Å². The molecule has 0 N–H and O–H groups in total. The second-order valence-electron chi connectivity index (χ2n) is 18.5. The third-order valence-corrected chi connectivity index (χ3v) is 12.0. The highest BCUT2D eigenvalue weighted by atomic mass is 16.6. The molecule has 0 aliphatic heterocycles. The minimum Gasteiger partial charge on any atom is -0.462 e. The molecular formula is C59H104O6. The molecule has 0 bridgehead atoms. The maximum Gasteiger partial charge on any atom is 0.306 e. The molecule has 0 amide bonds. The molecule has 0 aliphatic rings. The van der Waals surface area contributed by atoms with Crippen LogP contribution in [-0.2, 0) is 28.6 Å². The van der Waals surface area contributed by atoms with Gasteiger partial charge in [-0.25, -0.2) is 0 Å². The van der Waals surface area contributed by atoms with Crippen molar-refractivity contribution in [2.24, 2.45) is 0 Å². The van der Waals surface area contributed by atoms with Gasteiger partial charge in [-0.15, -0.1) is 0 Å². The summed E-state index contributed by atoms with van der Waals surface area (Å²) >= 11 is 0. The number of carbonyl (C=O) groups is 3. The number of esters is 3. The van der Waals surface area contributed by atoms with Crippen LogP contribution in [0.3, 0.4) is 0 Å². The van der Waals surface area contributed by atoms with Crippen molar-refractivity contribution >= 4 is 17.9 Å². The Morgan fingerprint density at radius 3 is 1.02 bits per heavy atom. The van der Waals surface area contributed by atoms with Crippen LogP contribution in [0.5, 0.6) is 0 Å². The molecule has 0 spiro atoms. The molecule has 0 fully saturated rings.